The van der Waals surface area contributed by atoms with Crippen LogP contribution in [-0.2, 0) is 0 Å². The minimum absolute atomic E-state index is 0.0261. The lowest BCUT2D eigenvalue weighted by molar-refractivity contribution is 1.07. The molecule has 0 saturated heterocycles. The summed E-state index contributed by atoms with van der Waals surface area (Å²) >= 11 is 15.0. The van der Waals surface area contributed by atoms with E-state index in [2.05, 4.69) is 36.2 Å². The van der Waals surface area contributed by atoms with Gasteiger partial charge in [-0.1, -0.05) is 17.7 Å². The van der Waals surface area contributed by atoms with Gasteiger partial charge in [0, 0.05) is 0 Å². The highest BCUT2D eigenvalue weighted by molar-refractivity contribution is 9.10. The smallest absolute Gasteiger partial charge is 0.233 e. The fraction of sp³-hybridized carbons (Fsp3) is 0. The van der Waals surface area contributed by atoms with Gasteiger partial charge in [-0.2, -0.15) is 15.0 Å². The molecule has 0 fully saturated rings. The SMILES string of the molecule is Nc1nc(Cl)nc(Nc2cccc(Cl)c2Br)n1. The van der Waals surface area contributed by atoms with Crippen molar-refractivity contribution in [3.05, 3.63) is 33.0 Å². The number of nitrogens with two attached hydrogens (primary N) is 1. The fourth-order valence-electron chi connectivity index (χ4n) is 1.14. The molecule has 88 valence electrons. The number of anilines is 3. The van der Waals surface area contributed by atoms with Gasteiger partial charge < -0.3 is 11.1 Å². The van der Waals surface area contributed by atoms with Crippen LogP contribution >= 0.6 is 39.1 Å². The molecule has 1 aromatic heterocycles. The van der Waals surface area contributed by atoms with E-state index in [1.54, 1.807) is 12.1 Å². The summed E-state index contributed by atoms with van der Waals surface area (Å²) in [5.41, 5.74) is 6.16. The molecule has 1 heterocycles. The van der Waals surface area contributed by atoms with Crippen molar-refractivity contribution in [2.45, 2.75) is 0 Å². The zero-order chi connectivity index (χ0) is 12.4. The van der Waals surface area contributed by atoms with Crippen LogP contribution in [0.3, 0.4) is 0 Å². The van der Waals surface area contributed by atoms with Crippen molar-refractivity contribution < 1.29 is 0 Å². The molecule has 0 aliphatic rings. The second kappa shape index (κ2) is 5.03. The Kier molecular flexibility index (Phi) is 3.66. The van der Waals surface area contributed by atoms with Crippen molar-refractivity contribution in [1.82, 2.24) is 15.0 Å². The Balaban J connectivity index is 2.34. The van der Waals surface area contributed by atoms with Crippen LogP contribution in [0.5, 0.6) is 0 Å². The van der Waals surface area contributed by atoms with E-state index in [1.807, 2.05) is 6.07 Å². The lowest BCUT2D eigenvalue weighted by atomic mass is 10.3. The second-order valence-corrected chi connectivity index (χ2v) is 4.55. The molecule has 0 atom stereocenters. The van der Waals surface area contributed by atoms with Crippen molar-refractivity contribution >= 4 is 56.7 Å². The zero-order valence-electron chi connectivity index (χ0n) is 8.28. The minimum atomic E-state index is 0.0261. The second-order valence-electron chi connectivity index (χ2n) is 3.01. The van der Waals surface area contributed by atoms with Gasteiger partial charge in [-0.05, 0) is 39.7 Å². The van der Waals surface area contributed by atoms with Crippen LogP contribution in [-0.4, -0.2) is 15.0 Å². The van der Waals surface area contributed by atoms with Gasteiger partial charge in [0.1, 0.15) is 0 Å². The molecule has 0 spiro atoms. The first-order chi connectivity index (χ1) is 8.06. The number of nitrogen functional groups attached to an aromatic ring is 1. The van der Waals surface area contributed by atoms with Gasteiger partial charge in [-0.25, -0.2) is 0 Å². The average molecular weight is 335 g/mol. The first-order valence-electron chi connectivity index (χ1n) is 4.44. The van der Waals surface area contributed by atoms with E-state index in [-0.39, 0.29) is 17.2 Å². The molecule has 3 N–H and O–H groups in total. The Morgan fingerprint density at radius 3 is 2.65 bits per heavy atom. The van der Waals surface area contributed by atoms with Crippen molar-refractivity contribution in [3.8, 4) is 0 Å². The van der Waals surface area contributed by atoms with E-state index in [9.17, 15) is 0 Å². The molecular weight excluding hydrogens is 329 g/mol. The number of rotatable bonds is 2. The monoisotopic (exact) mass is 333 g/mol. The van der Waals surface area contributed by atoms with Gasteiger partial charge in [0.25, 0.3) is 0 Å². The highest BCUT2D eigenvalue weighted by Crippen LogP contribution is 2.31. The predicted octanol–water partition coefficient (Wildman–Crippen LogP) is 3.27. The number of nitrogens with one attached hydrogen (secondary N) is 1. The lowest BCUT2D eigenvalue weighted by Gasteiger charge is -2.08. The fourth-order valence-corrected chi connectivity index (χ4v) is 1.85. The number of aromatic nitrogens is 3. The molecule has 0 bridgehead atoms. The van der Waals surface area contributed by atoms with E-state index in [0.717, 1.165) is 0 Å². The van der Waals surface area contributed by atoms with Crippen molar-refractivity contribution in [3.63, 3.8) is 0 Å². The summed E-state index contributed by atoms with van der Waals surface area (Å²) < 4.78 is 0.705. The summed E-state index contributed by atoms with van der Waals surface area (Å²) in [7, 11) is 0. The summed E-state index contributed by atoms with van der Waals surface area (Å²) in [6.07, 6.45) is 0. The normalized spacial score (nSPS) is 10.3. The van der Waals surface area contributed by atoms with Crippen molar-refractivity contribution in [2.24, 2.45) is 0 Å². The van der Waals surface area contributed by atoms with E-state index < -0.39 is 0 Å². The van der Waals surface area contributed by atoms with Gasteiger partial charge in [0.05, 0.1) is 15.2 Å². The summed E-state index contributed by atoms with van der Waals surface area (Å²) in [6.45, 7) is 0. The highest BCUT2D eigenvalue weighted by Gasteiger charge is 2.07. The predicted molar refractivity (Wildman–Crippen MR) is 71.7 cm³/mol. The number of hydrogen-bond donors (Lipinski definition) is 2. The largest absolute Gasteiger partial charge is 0.368 e. The quantitative estimate of drug-likeness (QED) is 0.881. The third-order valence-corrected chi connectivity index (χ3v) is 3.39. The number of hydrogen-bond acceptors (Lipinski definition) is 5. The maximum Gasteiger partial charge on any atom is 0.233 e. The van der Waals surface area contributed by atoms with E-state index in [4.69, 9.17) is 28.9 Å². The molecular formula is C9H6BrCl2N5. The first-order valence-corrected chi connectivity index (χ1v) is 5.99. The molecule has 2 rings (SSSR count). The standard InChI is InChI=1S/C9H6BrCl2N5/c10-6-4(11)2-1-3-5(6)14-9-16-7(12)15-8(13)17-9/h1-3H,(H3,13,14,15,16,17). The van der Waals surface area contributed by atoms with E-state index in [0.29, 0.717) is 15.2 Å². The molecule has 0 radical (unpaired) electrons. The molecule has 0 aliphatic carbocycles. The van der Waals surface area contributed by atoms with Crippen LogP contribution in [0.2, 0.25) is 10.3 Å². The molecule has 8 heteroatoms. The summed E-state index contributed by atoms with van der Waals surface area (Å²) in [5, 5.41) is 3.54. The summed E-state index contributed by atoms with van der Waals surface area (Å²) in [4.78, 5) is 11.4. The van der Waals surface area contributed by atoms with Gasteiger partial charge in [0.15, 0.2) is 0 Å². The van der Waals surface area contributed by atoms with E-state index in [1.165, 1.54) is 0 Å². The molecule has 2 aromatic rings. The van der Waals surface area contributed by atoms with Crippen LogP contribution in [0.4, 0.5) is 17.6 Å². The van der Waals surface area contributed by atoms with Gasteiger partial charge >= 0.3 is 0 Å². The molecule has 0 unspecified atom stereocenters. The van der Waals surface area contributed by atoms with Gasteiger partial charge in [-0.15, -0.1) is 0 Å². The average Bonchev–Trinajstić information content (AvgIpc) is 2.23. The number of nitrogens with zero attached hydrogens (tertiary/aromatic N) is 3. The molecule has 1 aromatic carbocycles. The van der Waals surface area contributed by atoms with Crippen LogP contribution in [0.15, 0.2) is 22.7 Å². The maximum atomic E-state index is 5.95. The Labute approximate surface area is 116 Å². The Hall–Kier alpha value is -1.11. The number of benzene rings is 1. The van der Waals surface area contributed by atoms with Crippen molar-refractivity contribution in [2.75, 3.05) is 11.1 Å². The van der Waals surface area contributed by atoms with Gasteiger partial charge in [0.2, 0.25) is 17.2 Å². The van der Waals surface area contributed by atoms with Crippen molar-refractivity contribution in [1.29, 1.82) is 0 Å². The Bertz CT molecular complexity index is 543. The van der Waals surface area contributed by atoms with E-state index >= 15 is 0 Å². The van der Waals surface area contributed by atoms with Crippen LogP contribution in [0, 0.1) is 0 Å². The van der Waals surface area contributed by atoms with Crippen LogP contribution in [0.25, 0.3) is 0 Å². The molecule has 17 heavy (non-hydrogen) atoms. The topological polar surface area (TPSA) is 76.7 Å². The molecule has 0 aliphatic heterocycles. The third-order valence-electron chi connectivity index (χ3n) is 1.82. The third kappa shape index (κ3) is 2.96. The number of halogens is 3. The molecule has 5 nitrogen and oxygen atoms in total. The highest BCUT2D eigenvalue weighted by atomic mass is 79.9. The lowest BCUT2D eigenvalue weighted by Crippen LogP contribution is -2.03. The molecule has 0 amide bonds. The Morgan fingerprint density at radius 1 is 1.18 bits per heavy atom. The molecule has 0 saturated carbocycles. The Morgan fingerprint density at radius 2 is 1.94 bits per heavy atom. The summed E-state index contributed by atoms with van der Waals surface area (Å²) in [5.74, 6) is 0.302. The summed E-state index contributed by atoms with van der Waals surface area (Å²) in [6, 6.07) is 5.36. The van der Waals surface area contributed by atoms with Gasteiger partial charge in [-0.3, -0.25) is 0 Å². The maximum absolute atomic E-state index is 5.95. The van der Waals surface area contributed by atoms with Crippen LogP contribution in [0.1, 0.15) is 0 Å². The minimum Gasteiger partial charge on any atom is -0.368 e. The van der Waals surface area contributed by atoms with Crippen LogP contribution < -0.4 is 11.1 Å². The zero-order valence-corrected chi connectivity index (χ0v) is 11.4. The first kappa shape index (κ1) is 12.3.